The van der Waals surface area contributed by atoms with E-state index in [4.69, 9.17) is 9.47 Å². The normalized spacial score (nSPS) is 11.5. The maximum absolute atomic E-state index is 13.0. The molecule has 1 atom stereocenters. The molecule has 0 saturated heterocycles. The van der Waals surface area contributed by atoms with Gasteiger partial charge in [0, 0.05) is 13.1 Å². The third kappa shape index (κ3) is 5.98. The summed E-state index contributed by atoms with van der Waals surface area (Å²) in [7, 11) is 1.59. The lowest BCUT2D eigenvalue weighted by atomic mass is 10.1. The summed E-state index contributed by atoms with van der Waals surface area (Å²) >= 11 is 0. The largest absolute Gasteiger partial charge is 0.497 e. The van der Waals surface area contributed by atoms with Crippen LogP contribution in [0.15, 0.2) is 42.5 Å². The van der Waals surface area contributed by atoms with Gasteiger partial charge in [0.2, 0.25) is 5.91 Å². The zero-order chi connectivity index (χ0) is 21.4. The van der Waals surface area contributed by atoms with E-state index in [0.717, 1.165) is 16.7 Å². The zero-order valence-electron chi connectivity index (χ0n) is 17.8. The van der Waals surface area contributed by atoms with Gasteiger partial charge < -0.3 is 19.7 Å². The summed E-state index contributed by atoms with van der Waals surface area (Å²) in [5, 5.41) is 2.78. The molecule has 0 unspecified atom stereocenters. The number of amides is 2. The fourth-order valence-corrected chi connectivity index (χ4v) is 2.98. The number of hydrogen-bond donors (Lipinski definition) is 1. The van der Waals surface area contributed by atoms with E-state index in [1.807, 2.05) is 63.2 Å². The van der Waals surface area contributed by atoms with Crippen molar-refractivity contribution in [3.63, 3.8) is 0 Å². The maximum Gasteiger partial charge on any atom is 0.261 e. The summed E-state index contributed by atoms with van der Waals surface area (Å²) in [4.78, 5) is 26.9. The van der Waals surface area contributed by atoms with Crippen LogP contribution in [-0.2, 0) is 16.1 Å². The molecule has 0 aliphatic rings. The highest BCUT2D eigenvalue weighted by Gasteiger charge is 2.26. The molecule has 29 heavy (non-hydrogen) atoms. The molecule has 0 heterocycles. The molecule has 6 heteroatoms. The SMILES string of the molecule is CCNC(=O)[C@H](C)N(Cc1cccc(OC)c1)C(=O)COc1cccc(C)c1C. The van der Waals surface area contributed by atoms with Crippen LogP contribution in [0.25, 0.3) is 0 Å². The second kappa shape index (κ2) is 10.5. The fourth-order valence-electron chi connectivity index (χ4n) is 2.98. The van der Waals surface area contributed by atoms with E-state index >= 15 is 0 Å². The number of hydrogen-bond acceptors (Lipinski definition) is 4. The van der Waals surface area contributed by atoms with Crippen LogP contribution in [0.1, 0.15) is 30.5 Å². The van der Waals surface area contributed by atoms with Gasteiger partial charge in [-0.15, -0.1) is 0 Å². The number of rotatable bonds is 9. The van der Waals surface area contributed by atoms with Gasteiger partial charge in [0.1, 0.15) is 17.5 Å². The lowest BCUT2D eigenvalue weighted by Gasteiger charge is -2.29. The van der Waals surface area contributed by atoms with Gasteiger partial charge in [-0.05, 0) is 62.6 Å². The van der Waals surface area contributed by atoms with Crippen molar-refractivity contribution in [1.29, 1.82) is 0 Å². The van der Waals surface area contributed by atoms with Gasteiger partial charge in [-0.3, -0.25) is 9.59 Å². The van der Waals surface area contributed by atoms with Crippen molar-refractivity contribution < 1.29 is 19.1 Å². The monoisotopic (exact) mass is 398 g/mol. The molecule has 2 amide bonds. The Bertz CT molecular complexity index is 851. The van der Waals surface area contributed by atoms with Gasteiger partial charge in [0.25, 0.3) is 5.91 Å². The Hall–Kier alpha value is -3.02. The van der Waals surface area contributed by atoms with Crippen molar-refractivity contribution in [3.05, 3.63) is 59.2 Å². The van der Waals surface area contributed by atoms with Gasteiger partial charge >= 0.3 is 0 Å². The molecule has 2 rings (SSSR count). The Labute approximate surface area is 172 Å². The number of likely N-dealkylation sites (N-methyl/N-ethyl adjacent to an activating group) is 1. The first-order valence-corrected chi connectivity index (χ1v) is 9.76. The topological polar surface area (TPSA) is 67.9 Å². The van der Waals surface area contributed by atoms with E-state index < -0.39 is 6.04 Å². The predicted molar refractivity (Wildman–Crippen MR) is 113 cm³/mol. The first-order chi connectivity index (χ1) is 13.9. The minimum atomic E-state index is -0.629. The van der Waals surface area contributed by atoms with Crippen molar-refractivity contribution in [3.8, 4) is 11.5 Å². The zero-order valence-corrected chi connectivity index (χ0v) is 17.8. The smallest absolute Gasteiger partial charge is 0.261 e. The standard InChI is InChI=1S/C23H30N2O4/c1-6-24-23(27)18(4)25(14-19-10-8-11-20(13-19)28-5)22(26)15-29-21-12-7-9-16(2)17(21)3/h7-13,18H,6,14-15H2,1-5H3,(H,24,27)/t18-/m0/s1. The Morgan fingerprint density at radius 2 is 1.86 bits per heavy atom. The van der Waals surface area contributed by atoms with Crippen molar-refractivity contribution in [2.24, 2.45) is 0 Å². The molecule has 0 bridgehead atoms. The lowest BCUT2D eigenvalue weighted by molar-refractivity contribution is -0.142. The quantitative estimate of drug-likeness (QED) is 0.704. The number of nitrogens with zero attached hydrogens (tertiary/aromatic N) is 1. The summed E-state index contributed by atoms with van der Waals surface area (Å²) in [6.45, 7) is 8.17. The van der Waals surface area contributed by atoms with E-state index in [-0.39, 0.29) is 25.0 Å². The number of carbonyl (C=O) groups is 2. The average molecular weight is 399 g/mol. The highest BCUT2D eigenvalue weighted by Crippen LogP contribution is 2.21. The Kier molecular flexibility index (Phi) is 8.07. The summed E-state index contributed by atoms with van der Waals surface area (Å²) in [5.74, 6) is 0.917. The minimum Gasteiger partial charge on any atom is -0.497 e. The minimum absolute atomic E-state index is 0.141. The van der Waals surface area contributed by atoms with Crippen LogP contribution in [-0.4, -0.2) is 43.0 Å². The molecular weight excluding hydrogens is 368 g/mol. The van der Waals surface area contributed by atoms with Gasteiger partial charge in [0.05, 0.1) is 7.11 Å². The number of aryl methyl sites for hydroxylation is 1. The fraction of sp³-hybridized carbons (Fsp3) is 0.391. The van der Waals surface area contributed by atoms with Crippen LogP contribution in [0.5, 0.6) is 11.5 Å². The lowest BCUT2D eigenvalue weighted by Crippen LogP contribution is -2.49. The molecule has 0 spiro atoms. The van der Waals surface area contributed by atoms with E-state index in [1.165, 1.54) is 4.90 Å². The van der Waals surface area contributed by atoms with Crippen molar-refractivity contribution in [2.45, 2.75) is 40.3 Å². The first-order valence-electron chi connectivity index (χ1n) is 9.76. The molecule has 6 nitrogen and oxygen atoms in total. The third-order valence-electron chi connectivity index (χ3n) is 4.91. The first kappa shape index (κ1) is 22.3. The number of benzene rings is 2. The summed E-state index contributed by atoms with van der Waals surface area (Å²) in [6.07, 6.45) is 0. The number of methoxy groups -OCH3 is 1. The summed E-state index contributed by atoms with van der Waals surface area (Å²) < 4.78 is 11.1. The molecule has 156 valence electrons. The molecular formula is C23H30N2O4. The van der Waals surface area contributed by atoms with Crippen LogP contribution >= 0.6 is 0 Å². The number of carbonyl (C=O) groups excluding carboxylic acids is 2. The van der Waals surface area contributed by atoms with Crippen LogP contribution in [0.3, 0.4) is 0 Å². The Morgan fingerprint density at radius 3 is 2.55 bits per heavy atom. The van der Waals surface area contributed by atoms with Gasteiger partial charge in [0.15, 0.2) is 6.61 Å². The van der Waals surface area contributed by atoms with E-state index in [1.54, 1.807) is 14.0 Å². The molecule has 0 aliphatic heterocycles. The van der Waals surface area contributed by atoms with Crippen molar-refractivity contribution in [2.75, 3.05) is 20.3 Å². The van der Waals surface area contributed by atoms with Crippen molar-refractivity contribution in [1.82, 2.24) is 10.2 Å². The Balaban J connectivity index is 2.19. The molecule has 1 N–H and O–H groups in total. The maximum atomic E-state index is 13.0. The molecule has 0 aromatic heterocycles. The Morgan fingerprint density at radius 1 is 1.14 bits per heavy atom. The van der Waals surface area contributed by atoms with E-state index in [9.17, 15) is 9.59 Å². The summed E-state index contributed by atoms with van der Waals surface area (Å²) in [5.41, 5.74) is 2.97. The van der Waals surface area contributed by atoms with Crippen molar-refractivity contribution >= 4 is 11.8 Å². The second-order valence-corrected chi connectivity index (χ2v) is 6.93. The molecule has 0 radical (unpaired) electrons. The van der Waals surface area contributed by atoms with Gasteiger partial charge in [-0.2, -0.15) is 0 Å². The number of ether oxygens (including phenoxy) is 2. The van der Waals surface area contributed by atoms with Gasteiger partial charge in [-0.1, -0.05) is 24.3 Å². The van der Waals surface area contributed by atoms with E-state index in [0.29, 0.717) is 18.0 Å². The summed E-state index contributed by atoms with van der Waals surface area (Å²) in [6, 6.07) is 12.6. The highest BCUT2D eigenvalue weighted by molar-refractivity contribution is 5.87. The molecule has 2 aromatic carbocycles. The molecule has 0 aliphatic carbocycles. The second-order valence-electron chi connectivity index (χ2n) is 6.93. The number of nitrogens with one attached hydrogen (secondary N) is 1. The third-order valence-corrected chi connectivity index (χ3v) is 4.91. The highest BCUT2D eigenvalue weighted by atomic mass is 16.5. The van der Waals surface area contributed by atoms with E-state index in [2.05, 4.69) is 5.32 Å². The van der Waals surface area contributed by atoms with Crippen LogP contribution in [0.4, 0.5) is 0 Å². The average Bonchev–Trinajstić information content (AvgIpc) is 2.72. The van der Waals surface area contributed by atoms with Crippen LogP contribution < -0.4 is 14.8 Å². The predicted octanol–water partition coefficient (Wildman–Crippen LogP) is 3.24. The molecule has 0 saturated carbocycles. The molecule has 0 fully saturated rings. The van der Waals surface area contributed by atoms with Crippen LogP contribution in [0.2, 0.25) is 0 Å². The van der Waals surface area contributed by atoms with Gasteiger partial charge in [-0.25, -0.2) is 0 Å². The van der Waals surface area contributed by atoms with Crippen LogP contribution in [0, 0.1) is 13.8 Å². The molecule has 2 aromatic rings.